The van der Waals surface area contributed by atoms with Gasteiger partial charge < -0.3 is 10.2 Å². The molecule has 2 aromatic carbocycles. The van der Waals surface area contributed by atoms with Gasteiger partial charge in [-0.2, -0.15) is 0 Å². The van der Waals surface area contributed by atoms with Crippen LogP contribution in [0.4, 0.5) is 10.1 Å². The van der Waals surface area contributed by atoms with E-state index in [4.69, 9.17) is 12.2 Å². The summed E-state index contributed by atoms with van der Waals surface area (Å²) < 4.78 is 13.0. The fraction of sp³-hybridized carbons (Fsp3) is 0.278. The first-order valence-electron chi connectivity index (χ1n) is 7.50. The molecule has 4 heteroatoms. The van der Waals surface area contributed by atoms with Crippen LogP contribution in [-0.2, 0) is 6.54 Å². The number of anilines is 1. The molecule has 1 N–H and O–H groups in total. The molecule has 3 rings (SSSR count). The average molecular weight is 314 g/mol. The second kappa shape index (κ2) is 6.44. The number of rotatable bonds is 4. The van der Waals surface area contributed by atoms with Crippen molar-refractivity contribution in [1.29, 1.82) is 0 Å². The first-order valence-corrected chi connectivity index (χ1v) is 7.91. The molecule has 2 aromatic rings. The van der Waals surface area contributed by atoms with E-state index in [1.807, 2.05) is 24.3 Å². The van der Waals surface area contributed by atoms with E-state index < -0.39 is 0 Å². The lowest BCUT2D eigenvalue weighted by Crippen LogP contribution is -2.36. The largest absolute Gasteiger partial charge is 0.342 e. The standard InChI is InChI=1S/C18H19FN2S/c1-13-2-8-16(9-3-13)20-18(22)21(17-10-11-17)12-14-4-6-15(19)7-5-14/h2-9,17H,10-12H2,1H3,(H,20,22). The minimum atomic E-state index is -0.206. The second-order valence-electron chi connectivity index (χ2n) is 5.78. The van der Waals surface area contributed by atoms with Crippen LogP contribution in [0.2, 0.25) is 0 Å². The molecule has 0 bridgehead atoms. The molecular formula is C18H19FN2S. The zero-order valence-electron chi connectivity index (χ0n) is 12.6. The third kappa shape index (κ3) is 3.83. The van der Waals surface area contributed by atoms with Crippen molar-refractivity contribution in [3.05, 3.63) is 65.5 Å². The predicted molar refractivity (Wildman–Crippen MR) is 92.4 cm³/mol. The number of nitrogens with one attached hydrogen (secondary N) is 1. The van der Waals surface area contributed by atoms with Crippen molar-refractivity contribution in [1.82, 2.24) is 4.90 Å². The second-order valence-corrected chi connectivity index (χ2v) is 6.17. The first-order chi connectivity index (χ1) is 10.6. The number of hydrogen-bond acceptors (Lipinski definition) is 1. The normalized spacial score (nSPS) is 13.7. The first kappa shape index (κ1) is 15.0. The van der Waals surface area contributed by atoms with Crippen molar-refractivity contribution in [2.45, 2.75) is 32.4 Å². The van der Waals surface area contributed by atoms with Crippen molar-refractivity contribution in [2.24, 2.45) is 0 Å². The zero-order valence-corrected chi connectivity index (χ0v) is 13.4. The quantitative estimate of drug-likeness (QED) is 0.837. The van der Waals surface area contributed by atoms with Gasteiger partial charge in [0.1, 0.15) is 5.82 Å². The summed E-state index contributed by atoms with van der Waals surface area (Å²) in [6.07, 6.45) is 2.33. The molecule has 2 nitrogen and oxygen atoms in total. The van der Waals surface area contributed by atoms with E-state index in [0.29, 0.717) is 12.6 Å². The lowest BCUT2D eigenvalue weighted by atomic mass is 10.2. The van der Waals surface area contributed by atoms with Crippen LogP contribution < -0.4 is 5.32 Å². The summed E-state index contributed by atoms with van der Waals surface area (Å²) in [5.41, 5.74) is 3.29. The molecule has 0 unspecified atom stereocenters. The van der Waals surface area contributed by atoms with Crippen LogP contribution in [0.25, 0.3) is 0 Å². The fourth-order valence-corrected chi connectivity index (χ4v) is 2.70. The van der Waals surface area contributed by atoms with Crippen LogP contribution in [0.5, 0.6) is 0 Å². The van der Waals surface area contributed by atoms with E-state index in [1.54, 1.807) is 0 Å². The van der Waals surface area contributed by atoms with Crippen LogP contribution >= 0.6 is 12.2 Å². The Labute approximate surface area is 136 Å². The predicted octanol–water partition coefficient (Wildman–Crippen LogP) is 4.50. The molecule has 1 aliphatic rings. The van der Waals surface area contributed by atoms with Gasteiger partial charge in [-0.15, -0.1) is 0 Å². The van der Waals surface area contributed by atoms with E-state index in [1.165, 1.54) is 17.7 Å². The molecule has 1 aliphatic carbocycles. The maximum absolute atomic E-state index is 13.0. The SMILES string of the molecule is Cc1ccc(NC(=S)N(Cc2ccc(F)cc2)C2CC2)cc1. The maximum atomic E-state index is 13.0. The Morgan fingerprint density at radius 2 is 1.77 bits per heavy atom. The van der Waals surface area contributed by atoms with Crippen LogP contribution in [0.3, 0.4) is 0 Å². The number of halogens is 1. The molecule has 114 valence electrons. The molecule has 0 saturated heterocycles. The summed E-state index contributed by atoms with van der Waals surface area (Å²) in [5, 5.41) is 4.04. The summed E-state index contributed by atoms with van der Waals surface area (Å²) >= 11 is 5.57. The molecule has 0 spiro atoms. The molecule has 1 fully saturated rings. The monoisotopic (exact) mass is 314 g/mol. The minimum absolute atomic E-state index is 0.206. The summed E-state index contributed by atoms with van der Waals surface area (Å²) in [4.78, 5) is 2.20. The Balaban J connectivity index is 1.69. The van der Waals surface area contributed by atoms with E-state index >= 15 is 0 Å². The maximum Gasteiger partial charge on any atom is 0.173 e. The third-order valence-electron chi connectivity index (χ3n) is 3.82. The molecule has 0 heterocycles. The summed E-state index contributed by atoms with van der Waals surface area (Å²) in [7, 11) is 0. The van der Waals surface area contributed by atoms with Crippen LogP contribution in [0, 0.1) is 12.7 Å². The van der Waals surface area contributed by atoms with Gasteiger partial charge in [0.05, 0.1) is 0 Å². The van der Waals surface area contributed by atoms with Gasteiger partial charge in [0.15, 0.2) is 5.11 Å². The van der Waals surface area contributed by atoms with Crippen molar-refractivity contribution < 1.29 is 4.39 Å². The Morgan fingerprint density at radius 3 is 2.36 bits per heavy atom. The van der Waals surface area contributed by atoms with Gasteiger partial charge in [0, 0.05) is 18.3 Å². The molecule has 0 atom stereocenters. The van der Waals surface area contributed by atoms with E-state index in [0.717, 1.165) is 29.2 Å². The fourth-order valence-electron chi connectivity index (χ4n) is 2.37. The summed E-state index contributed by atoms with van der Waals surface area (Å²) in [6, 6.07) is 15.3. The summed E-state index contributed by atoms with van der Waals surface area (Å²) in [6.45, 7) is 2.77. The molecule has 1 saturated carbocycles. The third-order valence-corrected chi connectivity index (χ3v) is 4.15. The van der Waals surface area contributed by atoms with E-state index in [2.05, 4.69) is 29.3 Å². The van der Waals surface area contributed by atoms with Gasteiger partial charge in [-0.05, 0) is 61.8 Å². The molecule has 0 amide bonds. The number of benzene rings is 2. The van der Waals surface area contributed by atoms with Gasteiger partial charge in [-0.1, -0.05) is 29.8 Å². The van der Waals surface area contributed by atoms with Crippen LogP contribution in [0.15, 0.2) is 48.5 Å². The highest BCUT2D eigenvalue weighted by Crippen LogP contribution is 2.29. The molecule has 0 aliphatic heterocycles. The van der Waals surface area contributed by atoms with E-state index in [-0.39, 0.29) is 5.82 Å². The van der Waals surface area contributed by atoms with Gasteiger partial charge in [-0.25, -0.2) is 4.39 Å². The Bertz CT molecular complexity index is 648. The van der Waals surface area contributed by atoms with Gasteiger partial charge in [0.2, 0.25) is 0 Å². The molecule has 0 radical (unpaired) electrons. The number of nitrogens with zero attached hydrogens (tertiary/aromatic N) is 1. The molecule has 22 heavy (non-hydrogen) atoms. The van der Waals surface area contributed by atoms with Crippen molar-refractivity contribution >= 4 is 23.0 Å². The van der Waals surface area contributed by atoms with Crippen molar-refractivity contribution in [2.75, 3.05) is 5.32 Å². The number of hydrogen-bond donors (Lipinski definition) is 1. The van der Waals surface area contributed by atoms with Crippen molar-refractivity contribution in [3.63, 3.8) is 0 Å². The smallest absolute Gasteiger partial charge is 0.173 e. The minimum Gasteiger partial charge on any atom is -0.342 e. The highest BCUT2D eigenvalue weighted by Gasteiger charge is 2.30. The number of thiocarbonyl (C=S) groups is 1. The lowest BCUT2D eigenvalue weighted by Gasteiger charge is -2.26. The average Bonchev–Trinajstić information content (AvgIpc) is 3.33. The van der Waals surface area contributed by atoms with E-state index in [9.17, 15) is 4.39 Å². The summed E-state index contributed by atoms with van der Waals surface area (Å²) in [5.74, 6) is -0.206. The lowest BCUT2D eigenvalue weighted by molar-refractivity contribution is 0.409. The Morgan fingerprint density at radius 1 is 1.14 bits per heavy atom. The Hall–Kier alpha value is -1.94. The molecular weight excluding hydrogens is 295 g/mol. The highest BCUT2D eigenvalue weighted by molar-refractivity contribution is 7.80. The Kier molecular flexibility index (Phi) is 4.39. The highest BCUT2D eigenvalue weighted by atomic mass is 32.1. The van der Waals surface area contributed by atoms with Gasteiger partial charge in [0.25, 0.3) is 0 Å². The van der Waals surface area contributed by atoms with Crippen molar-refractivity contribution in [3.8, 4) is 0 Å². The number of aryl methyl sites for hydroxylation is 1. The van der Waals surface area contributed by atoms with Gasteiger partial charge in [-0.3, -0.25) is 0 Å². The zero-order chi connectivity index (χ0) is 15.5. The topological polar surface area (TPSA) is 15.3 Å². The van der Waals surface area contributed by atoms with Crippen LogP contribution in [0.1, 0.15) is 24.0 Å². The molecule has 0 aromatic heterocycles. The van der Waals surface area contributed by atoms with Gasteiger partial charge >= 0.3 is 0 Å². The van der Waals surface area contributed by atoms with Crippen LogP contribution in [-0.4, -0.2) is 16.1 Å².